The molecule has 1 aliphatic heterocycles. The second-order valence-electron chi connectivity index (χ2n) is 7.32. The number of pyridine rings is 1. The summed E-state index contributed by atoms with van der Waals surface area (Å²) in [4.78, 5) is 3.73. The maximum Gasteiger partial charge on any atom is 0.213 e. The Morgan fingerprint density at radius 3 is 2.60 bits per heavy atom. The van der Waals surface area contributed by atoms with Crippen molar-refractivity contribution in [3.63, 3.8) is 0 Å². The number of anilines is 1. The molecule has 0 N–H and O–H groups in total. The van der Waals surface area contributed by atoms with E-state index in [4.69, 9.17) is 0 Å². The fourth-order valence-electron chi connectivity index (χ4n) is 3.90. The monoisotopic (exact) mass is 413 g/mol. The fraction of sp³-hybridized carbons (Fsp3) is 0.222. The molecule has 152 valence electrons. The van der Waals surface area contributed by atoms with Crippen LogP contribution in [-0.4, -0.2) is 6.54 Å². The zero-order valence-corrected chi connectivity index (χ0v) is 18.8. The predicted molar refractivity (Wildman–Crippen MR) is 131 cm³/mol. The minimum absolute atomic E-state index is 0.978. The minimum Gasteiger partial charge on any atom is -0.335 e. The van der Waals surface area contributed by atoms with E-state index in [1.807, 2.05) is 11.8 Å². The summed E-state index contributed by atoms with van der Waals surface area (Å²) in [6, 6.07) is 19.5. The van der Waals surface area contributed by atoms with Crippen LogP contribution in [0.25, 0.3) is 17.0 Å². The van der Waals surface area contributed by atoms with Crippen LogP contribution in [0.1, 0.15) is 32.8 Å². The van der Waals surface area contributed by atoms with Gasteiger partial charge in [-0.2, -0.15) is 4.57 Å². The summed E-state index contributed by atoms with van der Waals surface area (Å²) in [5.74, 6) is 0. The molecule has 0 unspecified atom stereocenters. The van der Waals surface area contributed by atoms with E-state index in [-0.39, 0.29) is 0 Å². The number of para-hydroxylation sites is 2. The zero-order chi connectivity index (χ0) is 20.9. The van der Waals surface area contributed by atoms with E-state index in [9.17, 15) is 0 Å². The number of thioether (sulfide) groups is 1. The second-order valence-corrected chi connectivity index (χ2v) is 8.38. The zero-order valence-electron chi connectivity index (χ0n) is 18.0. The smallest absolute Gasteiger partial charge is 0.213 e. The lowest BCUT2D eigenvalue weighted by Crippen LogP contribution is -2.32. The molecule has 0 radical (unpaired) electrons. The first kappa shape index (κ1) is 20.5. The normalized spacial score (nSPS) is 15.5. The van der Waals surface area contributed by atoms with Crippen molar-refractivity contribution in [3.05, 3.63) is 95.2 Å². The molecule has 30 heavy (non-hydrogen) atoms. The molecule has 0 amide bonds. The Bertz CT molecular complexity index is 1140. The SMILES string of the molecule is CCC(=C/C=C1/Sc2ccccc2N1CC)/C=C/c1cc[n+](CC)c2ccccc12. The standard InChI is InChI=1S/C27H29N2S/c1-4-21(16-18-27-29(6-3)25-13-9-10-14-26(25)30-27)15-17-22-19-20-28(5-2)24-12-8-7-11-23(22)24/h7-20H,4-6H2,1-3H3/q+1. The molecule has 1 aromatic heterocycles. The Morgan fingerprint density at radius 2 is 1.80 bits per heavy atom. The Kier molecular flexibility index (Phi) is 6.39. The lowest BCUT2D eigenvalue weighted by atomic mass is 10.1. The molecular weight excluding hydrogens is 384 g/mol. The van der Waals surface area contributed by atoms with Gasteiger partial charge in [-0.1, -0.05) is 61.2 Å². The van der Waals surface area contributed by atoms with Crippen molar-refractivity contribution in [2.75, 3.05) is 11.4 Å². The molecule has 3 heteroatoms. The van der Waals surface area contributed by atoms with Gasteiger partial charge in [0.2, 0.25) is 5.52 Å². The number of fused-ring (bicyclic) bond motifs is 2. The molecule has 1 aliphatic rings. The van der Waals surface area contributed by atoms with Crippen LogP contribution < -0.4 is 9.47 Å². The first-order valence-corrected chi connectivity index (χ1v) is 11.6. The topological polar surface area (TPSA) is 7.12 Å². The van der Waals surface area contributed by atoms with Crippen LogP contribution in [-0.2, 0) is 6.54 Å². The molecule has 2 heterocycles. The summed E-state index contributed by atoms with van der Waals surface area (Å²) < 4.78 is 2.29. The first-order valence-electron chi connectivity index (χ1n) is 10.8. The predicted octanol–water partition coefficient (Wildman–Crippen LogP) is 6.97. The van der Waals surface area contributed by atoms with Crippen LogP contribution in [0.3, 0.4) is 0 Å². The Hall–Kier alpha value is -2.78. The number of aryl methyl sites for hydroxylation is 1. The van der Waals surface area contributed by atoms with Crippen molar-refractivity contribution in [2.45, 2.75) is 38.6 Å². The minimum atomic E-state index is 0.978. The van der Waals surface area contributed by atoms with Gasteiger partial charge in [0.05, 0.1) is 16.1 Å². The molecule has 0 spiro atoms. The molecular formula is C27H29N2S+. The second kappa shape index (κ2) is 9.36. The average molecular weight is 414 g/mol. The third-order valence-corrected chi connectivity index (χ3v) is 6.71. The van der Waals surface area contributed by atoms with Crippen molar-refractivity contribution in [1.29, 1.82) is 0 Å². The molecule has 0 atom stereocenters. The van der Waals surface area contributed by atoms with Crippen molar-refractivity contribution < 1.29 is 4.57 Å². The van der Waals surface area contributed by atoms with Crippen molar-refractivity contribution in [1.82, 2.24) is 0 Å². The van der Waals surface area contributed by atoms with Crippen molar-refractivity contribution >= 4 is 34.4 Å². The maximum atomic E-state index is 2.39. The van der Waals surface area contributed by atoms with Gasteiger partial charge in [0.15, 0.2) is 6.20 Å². The van der Waals surface area contributed by atoms with Gasteiger partial charge in [-0.3, -0.25) is 0 Å². The largest absolute Gasteiger partial charge is 0.335 e. The van der Waals surface area contributed by atoms with Gasteiger partial charge in [-0.05, 0) is 55.7 Å². The van der Waals surface area contributed by atoms with Gasteiger partial charge in [0.1, 0.15) is 6.54 Å². The summed E-state index contributed by atoms with van der Waals surface area (Å²) in [6.45, 7) is 8.58. The van der Waals surface area contributed by atoms with E-state index in [1.54, 1.807) is 0 Å². The number of nitrogens with zero attached hydrogens (tertiary/aromatic N) is 2. The third kappa shape index (κ3) is 4.08. The molecule has 0 fully saturated rings. The van der Waals surface area contributed by atoms with E-state index >= 15 is 0 Å². The van der Waals surface area contributed by atoms with Gasteiger partial charge < -0.3 is 4.90 Å². The van der Waals surface area contributed by atoms with E-state index in [2.05, 4.69) is 115 Å². The summed E-state index contributed by atoms with van der Waals surface area (Å²) in [7, 11) is 0. The number of hydrogen-bond acceptors (Lipinski definition) is 2. The van der Waals surface area contributed by atoms with Crippen molar-refractivity contribution in [2.24, 2.45) is 0 Å². The highest BCUT2D eigenvalue weighted by atomic mass is 32.2. The Labute approximate surface area is 184 Å². The van der Waals surface area contributed by atoms with Gasteiger partial charge >= 0.3 is 0 Å². The number of aromatic nitrogens is 1. The Balaban J connectivity index is 1.62. The molecule has 2 nitrogen and oxygen atoms in total. The lowest BCUT2D eigenvalue weighted by molar-refractivity contribution is -0.667. The molecule has 0 saturated carbocycles. The number of rotatable bonds is 6. The number of benzene rings is 2. The number of hydrogen-bond donors (Lipinski definition) is 0. The van der Waals surface area contributed by atoms with Crippen LogP contribution in [0.2, 0.25) is 0 Å². The highest BCUT2D eigenvalue weighted by molar-refractivity contribution is 8.03. The molecule has 0 saturated heterocycles. The average Bonchev–Trinajstić information content (AvgIpc) is 3.16. The Morgan fingerprint density at radius 1 is 1.00 bits per heavy atom. The highest BCUT2D eigenvalue weighted by Crippen LogP contribution is 2.45. The fourth-order valence-corrected chi connectivity index (χ4v) is 5.03. The van der Waals surface area contributed by atoms with Crippen LogP contribution in [0.5, 0.6) is 0 Å². The first-order chi connectivity index (χ1) is 14.7. The lowest BCUT2D eigenvalue weighted by Gasteiger charge is -2.17. The molecule has 0 bridgehead atoms. The van der Waals surface area contributed by atoms with Crippen LogP contribution >= 0.6 is 11.8 Å². The van der Waals surface area contributed by atoms with E-state index < -0.39 is 0 Å². The van der Waals surface area contributed by atoms with E-state index in [1.165, 1.54) is 37.7 Å². The quantitative estimate of drug-likeness (QED) is 0.318. The molecule has 4 rings (SSSR count). The van der Waals surface area contributed by atoms with Crippen LogP contribution in [0.4, 0.5) is 5.69 Å². The molecule has 0 aliphatic carbocycles. The summed E-state index contributed by atoms with van der Waals surface area (Å²) >= 11 is 1.86. The van der Waals surface area contributed by atoms with Gasteiger partial charge in [0.25, 0.3) is 0 Å². The third-order valence-electron chi connectivity index (χ3n) is 5.58. The van der Waals surface area contributed by atoms with Gasteiger partial charge in [-0.15, -0.1) is 0 Å². The van der Waals surface area contributed by atoms with Crippen molar-refractivity contribution in [3.8, 4) is 0 Å². The van der Waals surface area contributed by atoms with Crippen LogP contribution in [0.15, 0.2) is 94.5 Å². The summed E-state index contributed by atoms with van der Waals surface area (Å²) in [5.41, 5.74) is 5.19. The maximum absolute atomic E-state index is 2.39. The molecule has 3 aromatic rings. The summed E-state index contributed by atoms with van der Waals surface area (Å²) in [6.07, 6.45) is 12.2. The van der Waals surface area contributed by atoms with Gasteiger partial charge in [-0.25, -0.2) is 0 Å². The van der Waals surface area contributed by atoms with Gasteiger partial charge in [0, 0.05) is 23.6 Å². The highest BCUT2D eigenvalue weighted by Gasteiger charge is 2.22. The van der Waals surface area contributed by atoms with E-state index in [0.29, 0.717) is 0 Å². The number of allylic oxidation sites excluding steroid dienone is 4. The van der Waals surface area contributed by atoms with E-state index in [0.717, 1.165) is 19.5 Å². The molecule has 2 aromatic carbocycles. The van der Waals surface area contributed by atoms with Crippen LogP contribution in [0, 0.1) is 0 Å². The summed E-state index contributed by atoms with van der Waals surface area (Å²) in [5, 5.41) is 2.60.